The highest BCUT2D eigenvalue weighted by Crippen LogP contribution is 2.36. The molecule has 1 saturated heterocycles. The van der Waals surface area contributed by atoms with E-state index in [4.69, 9.17) is 4.74 Å². The van der Waals surface area contributed by atoms with Crippen LogP contribution >= 0.6 is 0 Å². The van der Waals surface area contributed by atoms with Gasteiger partial charge in [-0.3, -0.25) is 0 Å². The predicted octanol–water partition coefficient (Wildman–Crippen LogP) is 3.15. The lowest BCUT2D eigenvalue weighted by Gasteiger charge is -2.21. The predicted molar refractivity (Wildman–Crippen MR) is 66.8 cm³/mol. The van der Waals surface area contributed by atoms with Gasteiger partial charge >= 0.3 is 0 Å². The Balaban J connectivity index is 2.24. The summed E-state index contributed by atoms with van der Waals surface area (Å²) in [5, 5.41) is 3.59. The van der Waals surface area contributed by atoms with Crippen LogP contribution in [0.2, 0.25) is 0 Å². The molecule has 1 heterocycles. The summed E-state index contributed by atoms with van der Waals surface area (Å²) in [5.74, 6) is 1.80. The van der Waals surface area contributed by atoms with Crippen molar-refractivity contribution in [3.05, 3.63) is 29.8 Å². The Hall–Kier alpha value is -1.02. The molecular weight excluding hydrogens is 198 g/mol. The third-order valence-electron chi connectivity index (χ3n) is 3.43. The fourth-order valence-electron chi connectivity index (χ4n) is 2.59. The summed E-state index contributed by atoms with van der Waals surface area (Å²) >= 11 is 0. The fourth-order valence-corrected chi connectivity index (χ4v) is 2.59. The van der Waals surface area contributed by atoms with Gasteiger partial charge in [-0.2, -0.15) is 0 Å². The van der Waals surface area contributed by atoms with Crippen molar-refractivity contribution in [2.24, 2.45) is 5.92 Å². The van der Waals surface area contributed by atoms with E-state index in [1.165, 1.54) is 18.4 Å². The van der Waals surface area contributed by atoms with Gasteiger partial charge in [-0.15, -0.1) is 0 Å². The van der Waals surface area contributed by atoms with Crippen molar-refractivity contribution in [1.29, 1.82) is 0 Å². The summed E-state index contributed by atoms with van der Waals surface area (Å²) in [6.45, 7) is 6.17. The minimum Gasteiger partial charge on any atom is -0.494 e. The fraction of sp³-hybridized carbons (Fsp3) is 0.571. The molecule has 1 aliphatic rings. The Morgan fingerprint density at radius 1 is 1.31 bits per heavy atom. The van der Waals surface area contributed by atoms with Crippen molar-refractivity contribution >= 4 is 0 Å². The highest BCUT2D eigenvalue weighted by atomic mass is 16.5. The number of nitrogens with one attached hydrogen (secondary N) is 1. The van der Waals surface area contributed by atoms with Crippen LogP contribution in [-0.2, 0) is 0 Å². The van der Waals surface area contributed by atoms with Crippen LogP contribution in [0.25, 0.3) is 0 Å². The lowest BCUT2D eigenvalue weighted by atomic mass is 9.91. The lowest BCUT2D eigenvalue weighted by Crippen LogP contribution is -2.18. The van der Waals surface area contributed by atoms with Crippen LogP contribution in [0.15, 0.2) is 24.3 Å². The van der Waals surface area contributed by atoms with E-state index in [0.717, 1.165) is 24.8 Å². The molecule has 0 spiro atoms. The van der Waals surface area contributed by atoms with E-state index >= 15 is 0 Å². The van der Waals surface area contributed by atoms with Crippen molar-refractivity contribution in [3.63, 3.8) is 0 Å². The third kappa shape index (κ3) is 2.22. The Morgan fingerprint density at radius 3 is 2.88 bits per heavy atom. The largest absolute Gasteiger partial charge is 0.494 e. The smallest absolute Gasteiger partial charge is 0.124 e. The normalized spacial score (nSPS) is 24.6. The topological polar surface area (TPSA) is 21.3 Å². The molecule has 1 N–H and O–H groups in total. The first-order chi connectivity index (χ1) is 7.86. The lowest BCUT2D eigenvalue weighted by molar-refractivity contribution is 0.327. The second kappa shape index (κ2) is 5.35. The van der Waals surface area contributed by atoms with Gasteiger partial charge in [-0.1, -0.05) is 31.5 Å². The molecule has 0 bridgehead atoms. The Labute approximate surface area is 98.0 Å². The number of hydrogen-bond acceptors (Lipinski definition) is 2. The van der Waals surface area contributed by atoms with Crippen LogP contribution in [0.5, 0.6) is 5.75 Å². The number of ether oxygens (including phenoxy) is 1. The maximum atomic E-state index is 5.70. The molecule has 0 amide bonds. The minimum absolute atomic E-state index is 0.479. The van der Waals surface area contributed by atoms with Crippen molar-refractivity contribution in [1.82, 2.24) is 5.32 Å². The first-order valence-corrected chi connectivity index (χ1v) is 6.32. The van der Waals surface area contributed by atoms with E-state index in [2.05, 4.69) is 30.4 Å². The van der Waals surface area contributed by atoms with Crippen molar-refractivity contribution in [3.8, 4) is 5.75 Å². The number of hydrogen-bond donors (Lipinski definition) is 1. The Morgan fingerprint density at radius 2 is 2.12 bits per heavy atom. The molecule has 1 aromatic rings. The van der Waals surface area contributed by atoms with Crippen molar-refractivity contribution in [2.75, 3.05) is 13.2 Å². The van der Waals surface area contributed by atoms with Crippen LogP contribution in [0.3, 0.4) is 0 Å². The molecule has 0 radical (unpaired) electrons. The molecule has 2 nitrogen and oxygen atoms in total. The second-order valence-electron chi connectivity index (χ2n) is 4.36. The molecule has 2 unspecified atom stereocenters. The number of para-hydroxylation sites is 1. The molecule has 2 rings (SSSR count). The molecule has 0 aromatic heterocycles. The molecule has 16 heavy (non-hydrogen) atoms. The van der Waals surface area contributed by atoms with E-state index in [1.807, 2.05) is 13.0 Å². The van der Waals surface area contributed by atoms with Crippen LogP contribution < -0.4 is 10.1 Å². The van der Waals surface area contributed by atoms with Crippen LogP contribution in [0.1, 0.15) is 38.3 Å². The van der Waals surface area contributed by atoms with Crippen LogP contribution in [0, 0.1) is 5.92 Å². The van der Waals surface area contributed by atoms with Crippen LogP contribution in [-0.4, -0.2) is 13.2 Å². The average Bonchev–Trinajstić information content (AvgIpc) is 2.78. The number of rotatable bonds is 4. The quantitative estimate of drug-likeness (QED) is 0.840. The van der Waals surface area contributed by atoms with Crippen molar-refractivity contribution in [2.45, 2.75) is 32.7 Å². The molecule has 88 valence electrons. The van der Waals surface area contributed by atoms with E-state index in [0.29, 0.717) is 6.04 Å². The zero-order valence-electron chi connectivity index (χ0n) is 10.2. The summed E-state index contributed by atoms with van der Waals surface area (Å²) in [5.41, 5.74) is 1.33. The minimum atomic E-state index is 0.479. The van der Waals surface area contributed by atoms with E-state index < -0.39 is 0 Å². The van der Waals surface area contributed by atoms with Gasteiger partial charge in [0.15, 0.2) is 0 Å². The van der Waals surface area contributed by atoms with Gasteiger partial charge in [0, 0.05) is 11.6 Å². The van der Waals surface area contributed by atoms with Gasteiger partial charge < -0.3 is 10.1 Å². The van der Waals surface area contributed by atoms with Gasteiger partial charge in [-0.05, 0) is 31.9 Å². The maximum absolute atomic E-state index is 5.70. The van der Waals surface area contributed by atoms with Gasteiger partial charge in [-0.25, -0.2) is 0 Å². The SMILES string of the molecule is CCOc1ccccc1C1NCCC1CC. The standard InChI is InChI=1S/C14H21NO/c1-3-11-9-10-15-14(11)12-7-5-6-8-13(12)16-4-2/h5-8,11,14-15H,3-4,9-10H2,1-2H3. The molecule has 1 aromatic carbocycles. The van der Waals surface area contributed by atoms with Gasteiger partial charge in [0.25, 0.3) is 0 Å². The molecule has 1 fully saturated rings. The monoisotopic (exact) mass is 219 g/mol. The summed E-state index contributed by atoms with van der Waals surface area (Å²) in [7, 11) is 0. The Bertz CT molecular complexity index is 337. The summed E-state index contributed by atoms with van der Waals surface area (Å²) in [6.07, 6.45) is 2.51. The maximum Gasteiger partial charge on any atom is 0.124 e. The second-order valence-corrected chi connectivity index (χ2v) is 4.36. The number of benzene rings is 1. The van der Waals surface area contributed by atoms with Crippen LogP contribution in [0.4, 0.5) is 0 Å². The molecule has 2 heteroatoms. The zero-order chi connectivity index (χ0) is 11.4. The molecular formula is C14H21NO. The van der Waals surface area contributed by atoms with Gasteiger partial charge in [0.05, 0.1) is 6.61 Å². The molecule has 0 saturated carbocycles. The highest BCUT2D eigenvalue weighted by molar-refractivity contribution is 5.36. The van der Waals surface area contributed by atoms with E-state index in [-0.39, 0.29) is 0 Å². The summed E-state index contributed by atoms with van der Waals surface area (Å²) < 4.78 is 5.70. The summed E-state index contributed by atoms with van der Waals surface area (Å²) in [6, 6.07) is 8.89. The van der Waals surface area contributed by atoms with Gasteiger partial charge in [0.2, 0.25) is 0 Å². The first-order valence-electron chi connectivity index (χ1n) is 6.32. The molecule has 2 atom stereocenters. The third-order valence-corrected chi connectivity index (χ3v) is 3.43. The Kier molecular flexibility index (Phi) is 3.83. The first kappa shape index (κ1) is 11.5. The zero-order valence-corrected chi connectivity index (χ0v) is 10.2. The molecule has 1 aliphatic heterocycles. The average molecular weight is 219 g/mol. The van der Waals surface area contributed by atoms with Gasteiger partial charge in [0.1, 0.15) is 5.75 Å². The summed E-state index contributed by atoms with van der Waals surface area (Å²) in [4.78, 5) is 0. The van der Waals surface area contributed by atoms with E-state index in [9.17, 15) is 0 Å². The highest BCUT2D eigenvalue weighted by Gasteiger charge is 2.28. The molecule has 0 aliphatic carbocycles. The van der Waals surface area contributed by atoms with Crippen molar-refractivity contribution < 1.29 is 4.74 Å². The van der Waals surface area contributed by atoms with E-state index in [1.54, 1.807) is 0 Å².